The van der Waals surface area contributed by atoms with E-state index < -0.39 is 0 Å². The van der Waals surface area contributed by atoms with Crippen LogP contribution in [0.1, 0.15) is 37.2 Å². The van der Waals surface area contributed by atoms with Crippen molar-refractivity contribution in [2.45, 2.75) is 31.4 Å². The molecule has 1 heterocycles. The van der Waals surface area contributed by atoms with E-state index in [1.54, 1.807) is 0 Å². The Bertz CT molecular complexity index is 326. The topological polar surface area (TPSA) is 25.8 Å². The number of halogens is 1. The normalized spacial score (nSPS) is 15.9. The van der Waals surface area contributed by atoms with Gasteiger partial charge in [0.1, 0.15) is 11.0 Å². The fourth-order valence-corrected chi connectivity index (χ4v) is 2.06. The fraction of sp³-hybridized carbons (Fsp3) is 0.600. The van der Waals surface area contributed by atoms with Crippen molar-refractivity contribution < 1.29 is 0 Å². The first-order chi connectivity index (χ1) is 6.79. The molecule has 0 aliphatic heterocycles. The third-order valence-electron chi connectivity index (χ3n) is 2.19. The highest BCUT2D eigenvalue weighted by molar-refractivity contribution is 7.98. The Hall–Kier alpha value is -0.280. The van der Waals surface area contributed by atoms with Gasteiger partial charge in [0.05, 0.1) is 5.75 Å². The van der Waals surface area contributed by atoms with Gasteiger partial charge in [-0.05, 0) is 24.7 Å². The average Bonchev–Trinajstić information content (AvgIpc) is 2.97. The van der Waals surface area contributed by atoms with E-state index in [0.29, 0.717) is 11.1 Å². The molecule has 0 unspecified atom stereocenters. The molecule has 1 saturated carbocycles. The summed E-state index contributed by atoms with van der Waals surface area (Å²) in [7, 11) is 0. The molecular weight excluding hydrogens is 216 g/mol. The molecule has 1 aromatic rings. The summed E-state index contributed by atoms with van der Waals surface area (Å²) in [6, 6.07) is 1.90. The van der Waals surface area contributed by atoms with Crippen LogP contribution in [0.3, 0.4) is 0 Å². The summed E-state index contributed by atoms with van der Waals surface area (Å²) in [6.07, 6.45) is 2.52. The van der Waals surface area contributed by atoms with Gasteiger partial charge in [0.15, 0.2) is 0 Å². The molecule has 76 valence electrons. The highest BCUT2D eigenvalue weighted by Crippen LogP contribution is 2.39. The Labute approximate surface area is 93.5 Å². The number of thioether (sulfide) groups is 1. The van der Waals surface area contributed by atoms with Crippen molar-refractivity contribution in [3.63, 3.8) is 0 Å². The Morgan fingerprint density at radius 2 is 2.29 bits per heavy atom. The molecule has 1 aliphatic rings. The molecule has 14 heavy (non-hydrogen) atoms. The van der Waals surface area contributed by atoms with Crippen LogP contribution in [0.25, 0.3) is 0 Å². The molecule has 2 rings (SSSR count). The maximum Gasteiger partial charge on any atom is 0.140 e. The van der Waals surface area contributed by atoms with E-state index in [4.69, 9.17) is 11.6 Å². The van der Waals surface area contributed by atoms with Crippen LogP contribution in [0.15, 0.2) is 6.07 Å². The monoisotopic (exact) mass is 228 g/mol. The number of aromatic nitrogens is 2. The molecule has 0 saturated heterocycles. The van der Waals surface area contributed by atoms with Gasteiger partial charge in [-0.15, -0.1) is 0 Å². The average molecular weight is 229 g/mol. The van der Waals surface area contributed by atoms with Gasteiger partial charge >= 0.3 is 0 Å². The lowest BCUT2D eigenvalue weighted by atomic mass is 10.3. The van der Waals surface area contributed by atoms with Crippen molar-refractivity contribution >= 4 is 23.4 Å². The summed E-state index contributed by atoms with van der Waals surface area (Å²) in [5.74, 6) is 3.50. The summed E-state index contributed by atoms with van der Waals surface area (Å²) in [4.78, 5) is 8.73. The van der Waals surface area contributed by atoms with Crippen LogP contribution < -0.4 is 0 Å². The van der Waals surface area contributed by atoms with Crippen molar-refractivity contribution in [1.82, 2.24) is 9.97 Å². The van der Waals surface area contributed by atoms with Crippen molar-refractivity contribution in [3.8, 4) is 0 Å². The van der Waals surface area contributed by atoms with Gasteiger partial charge in [-0.3, -0.25) is 0 Å². The highest BCUT2D eigenvalue weighted by Gasteiger charge is 2.25. The fourth-order valence-electron chi connectivity index (χ4n) is 1.33. The van der Waals surface area contributed by atoms with Crippen LogP contribution in [-0.4, -0.2) is 15.7 Å². The van der Waals surface area contributed by atoms with Gasteiger partial charge in [-0.25, -0.2) is 9.97 Å². The van der Waals surface area contributed by atoms with Gasteiger partial charge in [0.2, 0.25) is 0 Å². The lowest BCUT2D eigenvalue weighted by Crippen LogP contribution is -1.97. The Morgan fingerprint density at radius 3 is 2.93 bits per heavy atom. The van der Waals surface area contributed by atoms with Crippen molar-refractivity contribution in [2.75, 3.05) is 5.75 Å². The third-order valence-corrected chi connectivity index (χ3v) is 3.26. The summed E-state index contributed by atoms with van der Waals surface area (Å²) >= 11 is 7.77. The number of hydrogen-bond acceptors (Lipinski definition) is 3. The zero-order valence-corrected chi connectivity index (χ0v) is 9.74. The molecule has 0 radical (unpaired) electrons. The van der Waals surface area contributed by atoms with Crippen molar-refractivity contribution in [3.05, 3.63) is 22.7 Å². The van der Waals surface area contributed by atoms with Gasteiger partial charge in [-0.1, -0.05) is 18.5 Å². The molecule has 1 aliphatic carbocycles. The van der Waals surface area contributed by atoms with Gasteiger partial charge in [0.25, 0.3) is 0 Å². The van der Waals surface area contributed by atoms with Crippen LogP contribution in [0.4, 0.5) is 0 Å². The van der Waals surface area contributed by atoms with E-state index in [9.17, 15) is 0 Å². The standard InChI is InChI=1S/C10H13ClN2S/c1-2-14-6-10-12-8(7-3-4-7)5-9(11)13-10/h5,7H,2-4,6H2,1H3. The molecule has 2 nitrogen and oxygen atoms in total. The third kappa shape index (κ3) is 2.61. The minimum Gasteiger partial charge on any atom is -0.237 e. The van der Waals surface area contributed by atoms with E-state index >= 15 is 0 Å². The predicted molar refractivity (Wildman–Crippen MR) is 60.9 cm³/mol. The van der Waals surface area contributed by atoms with E-state index in [-0.39, 0.29) is 0 Å². The first kappa shape index (κ1) is 10.2. The SMILES string of the molecule is CCSCc1nc(Cl)cc(C2CC2)n1. The van der Waals surface area contributed by atoms with E-state index in [0.717, 1.165) is 23.0 Å². The molecule has 1 fully saturated rings. The molecule has 0 amide bonds. The van der Waals surface area contributed by atoms with E-state index in [1.165, 1.54) is 12.8 Å². The first-order valence-corrected chi connectivity index (χ1v) is 6.44. The van der Waals surface area contributed by atoms with Gasteiger partial charge < -0.3 is 0 Å². The maximum absolute atomic E-state index is 5.94. The zero-order valence-electron chi connectivity index (χ0n) is 8.16. The molecule has 0 atom stereocenters. The molecule has 0 spiro atoms. The second kappa shape index (κ2) is 4.49. The quantitative estimate of drug-likeness (QED) is 0.740. The molecular formula is C10H13ClN2S. The van der Waals surface area contributed by atoms with Crippen LogP contribution in [0.5, 0.6) is 0 Å². The predicted octanol–water partition coefficient (Wildman–Crippen LogP) is 3.26. The number of hydrogen-bond donors (Lipinski definition) is 0. The minimum absolute atomic E-state index is 0.591. The molecule has 1 aromatic heterocycles. The molecule has 0 N–H and O–H groups in total. The first-order valence-electron chi connectivity index (χ1n) is 4.90. The second-order valence-electron chi connectivity index (χ2n) is 3.44. The largest absolute Gasteiger partial charge is 0.237 e. The van der Waals surface area contributed by atoms with Gasteiger partial charge in [0, 0.05) is 11.6 Å². The Balaban J connectivity index is 2.13. The van der Waals surface area contributed by atoms with E-state index in [1.807, 2.05) is 17.8 Å². The lowest BCUT2D eigenvalue weighted by molar-refractivity contribution is 0.932. The van der Waals surface area contributed by atoms with Crippen LogP contribution in [0.2, 0.25) is 5.15 Å². The van der Waals surface area contributed by atoms with Crippen molar-refractivity contribution in [1.29, 1.82) is 0 Å². The van der Waals surface area contributed by atoms with Crippen LogP contribution in [0, 0.1) is 0 Å². The second-order valence-corrected chi connectivity index (χ2v) is 5.10. The maximum atomic E-state index is 5.94. The van der Waals surface area contributed by atoms with Crippen LogP contribution >= 0.6 is 23.4 Å². The van der Waals surface area contributed by atoms with E-state index in [2.05, 4.69) is 16.9 Å². The van der Waals surface area contributed by atoms with Crippen molar-refractivity contribution in [2.24, 2.45) is 0 Å². The zero-order chi connectivity index (χ0) is 9.97. The molecule has 4 heteroatoms. The smallest absolute Gasteiger partial charge is 0.140 e. The number of rotatable bonds is 4. The Kier molecular flexibility index (Phi) is 3.29. The molecule has 0 bridgehead atoms. The van der Waals surface area contributed by atoms with Crippen LogP contribution in [-0.2, 0) is 5.75 Å². The summed E-state index contributed by atoms with van der Waals surface area (Å²) in [5, 5.41) is 0.591. The summed E-state index contributed by atoms with van der Waals surface area (Å²) < 4.78 is 0. The minimum atomic E-state index is 0.591. The number of nitrogens with zero attached hydrogens (tertiary/aromatic N) is 2. The highest BCUT2D eigenvalue weighted by atomic mass is 35.5. The van der Waals surface area contributed by atoms with Gasteiger partial charge in [-0.2, -0.15) is 11.8 Å². The lowest BCUT2D eigenvalue weighted by Gasteiger charge is -2.02. The summed E-state index contributed by atoms with van der Waals surface area (Å²) in [5.41, 5.74) is 1.14. The summed E-state index contributed by atoms with van der Waals surface area (Å²) in [6.45, 7) is 2.14. The Morgan fingerprint density at radius 1 is 1.50 bits per heavy atom. The molecule has 0 aromatic carbocycles.